The second-order valence-corrected chi connectivity index (χ2v) is 5.58. The van der Waals surface area contributed by atoms with Crippen LogP contribution in [0.2, 0.25) is 5.15 Å². The summed E-state index contributed by atoms with van der Waals surface area (Å²) in [6.45, 7) is 0. The van der Waals surface area contributed by atoms with Crippen LogP contribution in [0.4, 0.5) is 0 Å². The van der Waals surface area contributed by atoms with Gasteiger partial charge in [0, 0.05) is 21.7 Å². The molecule has 0 amide bonds. The van der Waals surface area contributed by atoms with Crippen molar-refractivity contribution in [3.63, 3.8) is 0 Å². The number of aromatic nitrogens is 2. The van der Waals surface area contributed by atoms with E-state index in [1.54, 1.807) is 6.07 Å². The molecule has 4 heteroatoms. The van der Waals surface area contributed by atoms with Gasteiger partial charge in [-0.25, -0.2) is 9.97 Å². The van der Waals surface area contributed by atoms with Gasteiger partial charge >= 0.3 is 0 Å². The van der Waals surface area contributed by atoms with Gasteiger partial charge in [0.15, 0.2) is 5.82 Å². The molecule has 1 aromatic heterocycles. The van der Waals surface area contributed by atoms with E-state index in [0.717, 1.165) is 21.3 Å². The maximum Gasteiger partial charge on any atom is 0.161 e. The molecular weight excluding hydrogens is 336 g/mol. The predicted molar refractivity (Wildman–Crippen MR) is 85.6 cm³/mol. The third-order valence-corrected chi connectivity index (χ3v) is 3.53. The highest BCUT2D eigenvalue weighted by Crippen LogP contribution is 2.26. The SMILES string of the molecule is Clc1cc(-c2cccc(Br)c2)nc(-c2ccccc2)n1. The van der Waals surface area contributed by atoms with Crippen LogP contribution in [-0.2, 0) is 0 Å². The molecule has 3 aromatic rings. The van der Waals surface area contributed by atoms with Crippen LogP contribution in [0, 0.1) is 0 Å². The Bertz CT molecular complexity index is 744. The van der Waals surface area contributed by atoms with Crippen molar-refractivity contribution in [1.29, 1.82) is 0 Å². The van der Waals surface area contributed by atoms with Crippen molar-refractivity contribution in [1.82, 2.24) is 9.97 Å². The van der Waals surface area contributed by atoms with E-state index in [2.05, 4.69) is 25.9 Å². The zero-order chi connectivity index (χ0) is 13.9. The summed E-state index contributed by atoms with van der Waals surface area (Å²) < 4.78 is 1.01. The number of rotatable bonds is 2. The molecule has 0 N–H and O–H groups in total. The lowest BCUT2D eigenvalue weighted by Gasteiger charge is -2.06. The lowest BCUT2D eigenvalue weighted by Crippen LogP contribution is -1.92. The second-order valence-electron chi connectivity index (χ2n) is 4.28. The molecule has 0 radical (unpaired) electrons. The Labute approximate surface area is 130 Å². The smallest absolute Gasteiger partial charge is 0.161 e. The van der Waals surface area contributed by atoms with Crippen LogP contribution >= 0.6 is 27.5 Å². The number of nitrogens with zero attached hydrogens (tertiary/aromatic N) is 2. The van der Waals surface area contributed by atoms with Crippen molar-refractivity contribution in [3.8, 4) is 22.6 Å². The average Bonchev–Trinajstić information content (AvgIpc) is 2.47. The quantitative estimate of drug-likeness (QED) is 0.595. The van der Waals surface area contributed by atoms with E-state index in [4.69, 9.17) is 11.6 Å². The normalized spacial score (nSPS) is 10.5. The molecule has 2 nitrogen and oxygen atoms in total. The second kappa shape index (κ2) is 5.73. The van der Waals surface area contributed by atoms with E-state index < -0.39 is 0 Å². The van der Waals surface area contributed by atoms with E-state index in [9.17, 15) is 0 Å². The molecule has 1 heterocycles. The lowest BCUT2D eigenvalue weighted by molar-refractivity contribution is 1.18. The van der Waals surface area contributed by atoms with Crippen molar-refractivity contribution in [3.05, 3.63) is 70.3 Å². The van der Waals surface area contributed by atoms with Crippen LogP contribution < -0.4 is 0 Å². The maximum absolute atomic E-state index is 6.13. The molecule has 0 bridgehead atoms. The standard InChI is InChI=1S/C16H10BrClN2/c17-13-8-4-7-12(9-13)14-10-15(18)20-16(19-14)11-5-2-1-3-6-11/h1-10H. The Hall–Kier alpha value is -1.71. The molecule has 2 aromatic carbocycles. The number of hydrogen-bond donors (Lipinski definition) is 0. The maximum atomic E-state index is 6.13. The summed E-state index contributed by atoms with van der Waals surface area (Å²) in [5.41, 5.74) is 2.76. The molecule has 0 aliphatic heterocycles. The third kappa shape index (κ3) is 2.89. The number of benzene rings is 2. The molecule has 0 unspecified atom stereocenters. The highest BCUT2D eigenvalue weighted by Gasteiger charge is 2.07. The minimum atomic E-state index is 0.439. The molecule has 0 aliphatic rings. The van der Waals surface area contributed by atoms with Crippen LogP contribution in [0.3, 0.4) is 0 Å². The van der Waals surface area contributed by atoms with Crippen molar-refractivity contribution in [2.24, 2.45) is 0 Å². The summed E-state index contributed by atoms with van der Waals surface area (Å²) in [6.07, 6.45) is 0. The zero-order valence-electron chi connectivity index (χ0n) is 10.4. The molecule has 3 rings (SSSR count). The van der Waals surface area contributed by atoms with Gasteiger partial charge in [0.25, 0.3) is 0 Å². The van der Waals surface area contributed by atoms with Crippen LogP contribution in [0.25, 0.3) is 22.6 Å². The first-order valence-electron chi connectivity index (χ1n) is 6.08. The molecule has 0 spiro atoms. The largest absolute Gasteiger partial charge is 0.228 e. The van der Waals surface area contributed by atoms with Gasteiger partial charge in [-0.1, -0.05) is 70.0 Å². The first kappa shape index (κ1) is 13.3. The van der Waals surface area contributed by atoms with E-state index in [-0.39, 0.29) is 0 Å². The first-order valence-corrected chi connectivity index (χ1v) is 7.25. The topological polar surface area (TPSA) is 25.8 Å². The first-order chi connectivity index (χ1) is 9.72. The van der Waals surface area contributed by atoms with E-state index >= 15 is 0 Å². The van der Waals surface area contributed by atoms with Gasteiger partial charge in [-0.15, -0.1) is 0 Å². The minimum Gasteiger partial charge on any atom is -0.228 e. The van der Waals surface area contributed by atoms with Crippen LogP contribution in [0.1, 0.15) is 0 Å². The fraction of sp³-hybridized carbons (Fsp3) is 0. The van der Waals surface area contributed by atoms with Gasteiger partial charge in [0.05, 0.1) is 5.69 Å². The van der Waals surface area contributed by atoms with Crippen molar-refractivity contribution in [2.75, 3.05) is 0 Å². The average molecular weight is 346 g/mol. The number of halogens is 2. The Balaban J connectivity index is 2.12. The summed E-state index contributed by atoms with van der Waals surface area (Å²) in [7, 11) is 0. The molecule has 0 saturated carbocycles. The zero-order valence-corrected chi connectivity index (χ0v) is 12.8. The third-order valence-electron chi connectivity index (χ3n) is 2.85. The fourth-order valence-corrected chi connectivity index (χ4v) is 2.51. The lowest BCUT2D eigenvalue weighted by atomic mass is 10.1. The van der Waals surface area contributed by atoms with Gasteiger partial charge in [0.2, 0.25) is 0 Å². The summed E-state index contributed by atoms with van der Waals surface area (Å²) in [4.78, 5) is 8.89. The van der Waals surface area contributed by atoms with Crippen LogP contribution in [0.5, 0.6) is 0 Å². The molecule has 0 atom stereocenters. The molecule has 98 valence electrons. The predicted octanol–water partition coefficient (Wildman–Crippen LogP) is 5.23. The van der Waals surface area contributed by atoms with Gasteiger partial charge in [-0.05, 0) is 12.1 Å². The summed E-state index contributed by atoms with van der Waals surface area (Å²) in [5, 5.41) is 0.439. The molecular formula is C16H10BrClN2. The highest BCUT2D eigenvalue weighted by molar-refractivity contribution is 9.10. The molecule has 20 heavy (non-hydrogen) atoms. The Kier molecular flexibility index (Phi) is 3.81. The minimum absolute atomic E-state index is 0.439. The van der Waals surface area contributed by atoms with Crippen molar-refractivity contribution in [2.45, 2.75) is 0 Å². The molecule has 0 aliphatic carbocycles. The molecule has 0 saturated heterocycles. The molecule has 0 fully saturated rings. The monoisotopic (exact) mass is 344 g/mol. The summed E-state index contributed by atoms with van der Waals surface area (Å²) in [6, 6.07) is 19.5. The highest BCUT2D eigenvalue weighted by atomic mass is 79.9. The van der Waals surface area contributed by atoms with Gasteiger partial charge in [0.1, 0.15) is 5.15 Å². The fourth-order valence-electron chi connectivity index (χ4n) is 1.93. The Morgan fingerprint density at radius 3 is 2.30 bits per heavy atom. The van der Waals surface area contributed by atoms with Crippen LogP contribution in [-0.4, -0.2) is 9.97 Å². The van der Waals surface area contributed by atoms with E-state index in [1.807, 2.05) is 54.6 Å². The Morgan fingerprint density at radius 1 is 0.800 bits per heavy atom. The van der Waals surface area contributed by atoms with Gasteiger partial charge in [-0.3, -0.25) is 0 Å². The van der Waals surface area contributed by atoms with E-state index in [1.165, 1.54) is 0 Å². The van der Waals surface area contributed by atoms with Crippen molar-refractivity contribution < 1.29 is 0 Å². The number of hydrogen-bond acceptors (Lipinski definition) is 2. The van der Waals surface area contributed by atoms with E-state index in [0.29, 0.717) is 11.0 Å². The Morgan fingerprint density at radius 2 is 1.55 bits per heavy atom. The van der Waals surface area contributed by atoms with Crippen LogP contribution in [0.15, 0.2) is 65.1 Å². The summed E-state index contributed by atoms with van der Waals surface area (Å²) in [5.74, 6) is 0.632. The van der Waals surface area contributed by atoms with Gasteiger partial charge < -0.3 is 0 Å². The van der Waals surface area contributed by atoms with Gasteiger partial charge in [-0.2, -0.15) is 0 Å². The van der Waals surface area contributed by atoms with Crippen molar-refractivity contribution >= 4 is 27.5 Å². The summed E-state index contributed by atoms with van der Waals surface area (Å²) >= 11 is 9.59.